The van der Waals surface area contributed by atoms with E-state index in [-0.39, 0.29) is 10.6 Å². The fourth-order valence-corrected chi connectivity index (χ4v) is 6.08. The molecule has 8 heteroatoms. The van der Waals surface area contributed by atoms with E-state index in [0.717, 1.165) is 45.2 Å². The number of nitro groups is 1. The lowest BCUT2D eigenvalue weighted by Crippen LogP contribution is -2.35. The van der Waals surface area contributed by atoms with Gasteiger partial charge in [0.05, 0.1) is 9.82 Å². The first-order chi connectivity index (χ1) is 13.0. The number of benzene rings is 1. The van der Waals surface area contributed by atoms with Gasteiger partial charge in [0.15, 0.2) is 0 Å². The van der Waals surface area contributed by atoms with E-state index in [1.54, 1.807) is 6.07 Å². The zero-order valence-corrected chi connectivity index (χ0v) is 16.1. The highest BCUT2D eigenvalue weighted by Crippen LogP contribution is 2.39. The molecule has 2 fully saturated rings. The van der Waals surface area contributed by atoms with Crippen molar-refractivity contribution in [3.05, 3.63) is 40.5 Å². The van der Waals surface area contributed by atoms with Crippen molar-refractivity contribution < 1.29 is 13.3 Å². The predicted molar refractivity (Wildman–Crippen MR) is 103 cm³/mol. The summed E-state index contributed by atoms with van der Waals surface area (Å²) in [6.45, 7) is 2.54. The number of nitro benzene ring substituents is 1. The molecule has 27 heavy (non-hydrogen) atoms. The second kappa shape index (κ2) is 7.24. The Morgan fingerprint density at radius 1 is 1.00 bits per heavy atom. The number of hydrogen-bond donors (Lipinski definition) is 0. The minimum Gasteiger partial charge on any atom is -0.365 e. The van der Waals surface area contributed by atoms with Gasteiger partial charge in [0.2, 0.25) is 10.0 Å². The van der Waals surface area contributed by atoms with Crippen LogP contribution in [0.1, 0.15) is 32.1 Å². The molecule has 2 aliphatic heterocycles. The zero-order valence-electron chi connectivity index (χ0n) is 15.3. The van der Waals surface area contributed by atoms with Crippen LogP contribution in [0.25, 0.3) is 0 Å². The Labute approximate surface area is 159 Å². The molecule has 2 heterocycles. The molecule has 7 nitrogen and oxygen atoms in total. The van der Waals surface area contributed by atoms with E-state index in [1.807, 2.05) is 0 Å². The molecule has 0 N–H and O–H groups in total. The van der Waals surface area contributed by atoms with Crippen molar-refractivity contribution in [2.24, 2.45) is 11.8 Å². The van der Waals surface area contributed by atoms with Crippen LogP contribution >= 0.6 is 0 Å². The van der Waals surface area contributed by atoms with Crippen LogP contribution in [0.5, 0.6) is 0 Å². The Morgan fingerprint density at radius 2 is 1.63 bits per heavy atom. The number of sulfonamides is 1. The summed E-state index contributed by atoms with van der Waals surface area (Å²) >= 11 is 0. The first-order valence-electron chi connectivity index (χ1n) is 9.65. The third-order valence-electron chi connectivity index (χ3n) is 6.06. The second-order valence-electron chi connectivity index (χ2n) is 7.74. The third-order valence-corrected chi connectivity index (χ3v) is 7.95. The fourth-order valence-electron chi connectivity index (χ4n) is 4.54. The molecule has 0 radical (unpaired) electrons. The largest absolute Gasteiger partial charge is 0.365 e. The van der Waals surface area contributed by atoms with E-state index in [2.05, 4.69) is 17.1 Å². The van der Waals surface area contributed by atoms with Crippen LogP contribution in [0.15, 0.2) is 35.2 Å². The highest BCUT2D eigenvalue weighted by molar-refractivity contribution is 7.89. The quantitative estimate of drug-likeness (QED) is 0.447. The highest BCUT2D eigenvalue weighted by Gasteiger charge is 2.36. The summed E-state index contributed by atoms with van der Waals surface area (Å²) in [6.07, 6.45) is 9.10. The van der Waals surface area contributed by atoms with Gasteiger partial charge >= 0.3 is 0 Å². The molecule has 2 atom stereocenters. The van der Waals surface area contributed by atoms with Crippen molar-refractivity contribution >= 4 is 21.4 Å². The van der Waals surface area contributed by atoms with Crippen molar-refractivity contribution in [2.75, 3.05) is 31.1 Å². The summed E-state index contributed by atoms with van der Waals surface area (Å²) in [7, 11) is -3.68. The van der Waals surface area contributed by atoms with Crippen LogP contribution in [0.4, 0.5) is 11.4 Å². The molecule has 3 aliphatic rings. The number of hydrogen-bond acceptors (Lipinski definition) is 5. The van der Waals surface area contributed by atoms with Gasteiger partial charge in [0.1, 0.15) is 5.69 Å². The Morgan fingerprint density at radius 3 is 2.22 bits per heavy atom. The van der Waals surface area contributed by atoms with Crippen molar-refractivity contribution in [3.63, 3.8) is 0 Å². The molecule has 0 aromatic heterocycles. The lowest BCUT2D eigenvalue weighted by Gasteiger charge is -2.26. The minimum absolute atomic E-state index is 0.0260. The Hall–Kier alpha value is -1.93. The molecular weight excluding hydrogens is 366 g/mol. The summed E-state index contributed by atoms with van der Waals surface area (Å²) in [5.41, 5.74) is 0.423. The van der Waals surface area contributed by atoms with Gasteiger partial charge in [-0.1, -0.05) is 18.6 Å². The number of anilines is 1. The monoisotopic (exact) mass is 391 g/mol. The van der Waals surface area contributed by atoms with Crippen LogP contribution < -0.4 is 4.90 Å². The zero-order chi connectivity index (χ0) is 19.0. The van der Waals surface area contributed by atoms with Crippen LogP contribution in [-0.2, 0) is 10.0 Å². The maximum atomic E-state index is 12.9. The predicted octanol–water partition coefficient (Wildman–Crippen LogP) is 3.17. The van der Waals surface area contributed by atoms with Gasteiger partial charge in [0, 0.05) is 32.2 Å². The first-order valence-corrected chi connectivity index (χ1v) is 11.1. The molecule has 0 spiro atoms. The van der Waals surface area contributed by atoms with Crippen molar-refractivity contribution in [1.29, 1.82) is 0 Å². The molecule has 0 saturated carbocycles. The smallest absolute Gasteiger partial charge is 0.293 e. The Balaban J connectivity index is 1.64. The maximum absolute atomic E-state index is 12.9. The van der Waals surface area contributed by atoms with E-state index in [1.165, 1.54) is 16.4 Å². The minimum atomic E-state index is -3.68. The van der Waals surface area contributed by atoms with E-state index in [0.29, 0.717) is 30.6 Å². The average Bonchev–Trinajstić information content (AvgIpc) is 3.12. The summed E-state index contributed by atoms with van der Waals surface area (Å²) in [5, 5.41) is 11.7. The first kappa shape index (κ1) is 18.4. The van der Waals surface area contributed by atoms with Gasteiger partial charge in [-0.2, -0.15) is 4.31 Å². The van der Waals surface area contributed by atoms with Crippen molar-refractivity contribution in [2.45, 2.75) is 37.0 Å². The van der Waals surface area contributed by atoms with Crippen LogP contribution in [0, 0.1) is 22.0 Å². The van der Waals surface area contributed by atoms with Gasteiger partial charge in [0.25, 0.3) is 5.69 Å². The average molecular weight is 391 g/mol. The molecule has 146 valence electrons. The summed E-state index contributed by atoms with van der Waals surface area (Å²) in [5.74, 6) is 1.04. The van der Waals surface area contributed by atoms with Gasteiger partial charge in [-0.15, -0.1) is 0 Å². The van der Waals surface area contributed by atoms with Crippen LogP contribution in [0.3, 0.4) is 0 Å². The van der Waals surface area contributed by atoms with Crippen LogP contribution in [-0.4, -0.2) is 43.8 Å². The Kier molecular flexibility index (Phi) is 4.94. The van der Waals surface area contributed by atoms with Gasteiger partial charge < -0.3 is 4.90 Å². The molecule has 1 aromatic rings. The van der Waals surface area contributed by atoms with Gasteiger partial charge in [-0.3, -0.25) is 10.1 Å². The second-order valence-corrected chi connectivity index (χ2v) is 9.68. The maximum Gasteiger partial charge on any atom is 0.293 e. The fraction of sp³-hybridized carbons (Fsp3) is 0.579. The standard InChI is InChI=1S/C19H25N3O4S/c23-22(24)19-12-17(27(25,26)21-10-4-1-5-11-21)8-9-18(19)20-13-15-6-2-3-7-16(15)14-20/h2-3,8-9,12,15-16H,1,4-7,10-11,13-14H2. The van der Waals surface area contributed by atoms with E-state index < -0.39 is 14.9 Å². The molecule has 0 amide bonds. The number of piperidine rings is 1. The number of fused-ring (bicyclic) bond motifs is 1. The third kappa shape index (κ3) is 3.48. The summed E-state index contributed by atoms with van der Waals surface area (Å²) in [4.78, 5) is 13.3. The molecular formula is C19H25N3O4S. The van der Waals surface area contributed by atoms with E-state index in [9.17, 15) is 18.5 Å². The molecule has 2 unspecified atom stereocenters. The highest BCUT2D eigenvalue weighted by atomic mass is 32.2. The number of rotatable bonds is 4. The Bertz CT molecular complexity index is 846. The van der Waals surface area contributed by atoms with Crippen molar-refractivity contribution in [1.82, 2.24) is 4.31 Å². The summed E-state index contributed by atoms with van der Waals surface area (Å²) in [6, 6.07) is 4.41. The molecule has 4 rings (SSSR count). The van der Waals surface area contributed by atoms with E-state index >= 15 is 0 Å². The molecule has 0 bridgehead atoms. The number of allylic oxidation sites excluding steroid dienone is 2. The van der Waals surface area contributed by atoms with Gasteiger partial charge in [-0.05, 0) is 49.7 Å². The molecule has 1 aromatic carbocycles. The molecule has 2 saturated heterocycles. The normalized spacial score (nSPS) is 26.1. The topological polar surface area (TPSA) is 83.8 Å². The lowest BCUT2D eigenvalue weighted by molar-refractivity contribution is -0.384. The summed E-state index contributed by atoms with van der Waals surface area (Å²) < 4.78 is 27.2. The van der Waals surface area contributed by atoms with Crippen molar-refractivity contribution in [3.8, 4) is 0 Å². The molecule has 1 aliphatic carbocycles. The van der Waals surface area contributed by atoms with E-state index in [4.69, 9.17) is 0 Å². The van der Waals surface area contributed by atoms with Gasteiger partial charge in [-0.25, -0.2) is 8.42 Å². The SMILES string of the molecule is O=[N+]([O-])c1cc(S(=O)(=O)N2CCCCC2)ccc1N1CC2CC=CCC2C1. The number of nitrogens with zero attached hydrogens (tertiary/aromatic N) is 3. The van der Waals surface area contributed by atoms with Crippen LogP contribution in [0.2, 0.25) is 0 Å². The lowest BCUT2D eigenvalue weighted by atomic mass is 9.86.